The number of hydrogen-bond acceptors (Lipinski definition) is 2. The lowest BCUT2D eigenvalue weighted by Crippen LogP contribution is -2.35. The van der Waals surface area contributed by atoms with Crippen LogP contribution in [0.25, 0.3) is 0 Å². The molecule has 1 saturated carbocycles. The Balaban J connectivity index is 1.77. The summed E-state index contributed by atoms with van der Waals surface area (Å²) in [7, 11) is 2.22. The number of rotatable bonds is 2. The van der Waals surface area contributed by atoms with Crippen LogP contribution in [0.4, 0.5) is 0 Å². The summed E-state index contributed by atoms with van der Waals surface area (Å²) in [6.45, 7) is 4.83. The quantitative estimate of drug-likeness (QED) is 0.700. The minimum Gasteiger partial charge on any atom is -0.325 e. The lowest BCUT2D eigenvalue weighted by Gasteiger charge is -2.30. The van der Waals surface area contributed by atoms with E-state index in [-0.39, 0.29) is 5.54 Å². The molecule has 13 heavy (non-hydrogen) atoms. The van der Waals surface area contributed by atoms with Gasteiger partial charge in [-0.1, -0.05) is 6.92 Å². The molecule has 2 rings (SSSR count). The lowest BCUT2D eigenvalue weighted by molar-refractivity contribution is 0.201. The number of hydrogen-bond donors (Lipinski definition) is 1. The van der Waals surface area contributed by atoms with E-state index in [0.717, 1.165) is 11.8 Å². The summed E-state index contributed by atoms with van der Waals surface area (Å²) >= 11 is 0. The van der Waals surface area contributed by atoms with E-state index in [0.29, 0.717) is 0 Å². The smallest absolute Gasteiger partial charge is 0.0186 e. The molecule has 2 unspecified atom stereocenters. The average molecular weight is 182 g/mol. The molecule has 1 heterocycles. The van der Waals surface area contributed by atoms with E-state index in [1.165, 1.54) is 38.8 Å². The van der Waals surface area contributed by atoms with Gasteiger partial charge in [0.25, 0.3) is 0 Å². The zero-order chi connectivity index (χ0) is 9.47. The van der Waals surface area contributed by atoms with Gasteiger partial charge in [0.15, 0.2) is 0 Å². The maximum Gasteiger partial charge on any atom is 0.0186 e. The van der Waals surface area contributed by atoms with Gasteiger partial charge in [0, 0.05) is 5.54 Å². The molecule has 0 spiro atoms. The first-order valence-corrected chi connectivity index (χ1v) is 5.57. The van der Waals surface area contributed by atoms with Crippen LogP contribution in [0.5, 0.6) is 0 Å². The molecule has 2 atom stereocenters. The molecule has 1 aliphatic carbocycles. The van der Waals surface area contributed by atoms with E-state index in [9.17, 15) is 0 Å². The molecular weight excluding hydrogens is 160 g/mol. The van der Waals surface area contributed by atoms with Gasteiger partial charge in [-0.15, -0.1) is 0 Å². The van der Waals surface area contributed by atoms with Gasteiger partial charge in [-0.05, 0) is 57.7 Å². The predicted molar refractivity (Wildman–Crippen MR) is 55.5 cm³/mol. The van der Waals surface area contributed by atoms with E-state index in [4.69, 9.17) is 5.73 Å². The van der Waals surface area contributed by atoms with Crippen molar-refractivity contribution >= 4 is 0 Å². The second-order valence-corrected chi connectivity index (χ2v) is 5.29. The van der Waals surface area contributed by atoms with E-state index in [1.807, 2.05) is 0 Å². The molecule has 76 valence electrons. The number of nitrogens with zero attached hydrogens (tertiary/aromatic N) is 1. The molecule has 0 radical (unpaired) electrons. The van der Waals surface area contributed by atoms with Crippen molar-refractivity contribution in [3.63, 3.8) is 0 Å². The van der Waals surface area contributed by atoms with Gasteiger partial charge in [-0.3, -0.25) is 0 Å². The van der Waals surface area contributed by atoms with E-state index in [2.05, 4.69) is 18.9 Å². The minimum absolute atomic E-state index is 0.237. The molecule has 0 bridgehead atoms. The number of nitrogens with two attached hydrogens (primary N) is 1. The summed E-state index contributed by atoms with van der Waals surface area (Å²) < 4.78 is 0. The first kappa shape index (κ1) is 9.47. The maximum atomic E-state index is 6.24. The van der Waals surface area contributed by atoms with Gasteiger partial charge in [0.2, 0.25) is 0 Å². The van der Waals surface area contributed by atoms with E-state index >= 15 is 0 Å². The van der Waals surface area contributed by atoms with Gasteiger partial charge in [0.05, 0.1) is 0 Å². The Morgan fingerprint density at radius 2 is 1.92 bits per heavy atom. The third kappa shape index (κ3) is 2.05. The van der Waals surface area contributed by atoms with Crippen LogP contribution in [-0.2, 0) is 0 Å². The maximum absolute atomic E-state index is 6.24. The molecule has 1 saturated heterocycles. The van der Waals surface area contributed by atoms with Gasteiger partial charge in [0.1, 0.15) is 0 Å². The van der Waals surface area contributed by atoms with Crippen molar-refractivity contribution in [1.82, 2.24) is 4.90 Å². The van der Waals surface area contributed by atoms with Crippen LogP contribution in [-0.4, -0.2) is 30.6 Å². The van der Waals surface area contributed by atoms with Crippen molar-refractivity contribution in [2.75, 3.05) is 20.1 Å². The van der Waals surface area contributed by atoms with Crippen LogP contribution in [0.2, 0.25) is 0 Å². The normalized spacial score (nSPS) is 42.2. The summed E-state index contributed by atoms with van der Waals surface area (Å²) in [5.41, 5.74) is 6.48. The highest BCUT2D eigenvalue weighted by molar-refractivity contribution is 5.06. The fraction of sp³-hybridized carbons (Fsp3) is 1.00. The van der Waals surface area contributed by atoms with Crippen LogP contribution in [0.15, 0.2) is 0 Å². The first-order valence-electron chi connectivity index (χ1n) is 5.57. The molecule has 2 aliphatic rings. The van der Waals surface area contributed by atoms with Crippen LogP contribution in [0.1, 0.15) is 32.6 Å². The Kier molecular flexibility index (Phi) is 2.37. The minimum atomic E-state index is 0.237. The highest BCUT2D eigenvalue weighted by Gasteiger charge is 2.48. The highest BCUT2D eigenvalue weighted by Crippen LogP contribution is 2.46. The van der Waals surface area contributed by atoms with Gasteiger partial charge in [-0.25, -0.2) is 0 Å². The monoisotopic (exact) mass is 182 g/mol. The molecule has 0 aromatic heterocycles. The largest absolute Gasteiger partial charge is 0.325 e. The van der Waals surface area contributed by atoms with Gasteiger partial charge in [-0.2, -0.15) is 0 Å². The fourth-order valence-electron chi connectivity index (χ4n) is 2.60. The molecule has 0 amide bonds. The zero-order valence-corrected chi connectivity index (χ0v) is 8.92. The van der Waals surface area contributed by atoms with Crippen molar-refractivity contribution in [3.05, 3.63) is 0 Å². The second kappa shape index (κ2) is 3.25. The fourth-order valence-corrected chi connectivity index (χ4v) is 2.60. The molecule has 0 aromatic rings. The zero-order valence-electron chi connectivity index (χ0n) is 8.92. The molecule has 0 aromatic carbocycles. The molecule has 2 heteroatoms. The third-order valence-corrected chi connectivity index (χ3v) is 4.01. The van der Waals surface area contributed by atoms with Crippen molar-refractivity contribution in [2.45, 2.75) is 38.1 Å². The Labute approximate surface area is 81.5 Å². The standard InChI is InChI=1S/C11H22N2/c1-9-7-11(9,12)8-10-3-5-13(2)6-4-10/h9-10H,3-8,12H2,1-2H3. The van der Waals surface area contributed by atoms with Crippen LogP contribution in [0.3, 0.4) is 0 Å². The van der Waals surface area contributed by atoms with Crippen molar-refractivity contribution in [1.29, 1.82) is 0 Å². The number of likely N-dealkylation sites (tertiary alicyclic amines) is 1. The van der Waals surface area contributed by atoms with Crippen molar-refractivity contribution < 1.29 is 0 Å². The Morgan fingerprint density at radius 1 is 1.38 bits per heavy atom. The van der Waals surface area contributed by atoms with Crippen LogP contribution >= 0.6 is 0 Å². The summed E-state index contributed by atoms with van der Waals surface area (Å²) in [5, 5.41) is 0. The SMILES string of the molecule is CC1CC1(N)CC1CCN(C)CC1. The van der Waals surface area contributed by atoms with Crippen LogP contribution in [0, 0.1) is 11.8 Å². The molecule has 1 aliphatic heterocycles. The van der Waals surface area contributed by atoms with E-state index < -0.39 is 0 Å². The molecule has 2 N–H and O–H groups in total. The summed E-state index contributed by atoms with van der Waals surface area (Å²) in [4.78, 5) is 2.43. The molecule has 2 fully saturated rings. The highest BCUT2D eigenvalue weighted by atomic mass is 15.1. The van der Waals surface area contributed by atoms with Crippen molar-refractivity contribution in [3.8, 4) is 0 Å². The third-order valence-electron chi connectivity index (χ3n) is 4.01. The predicted octanol–water partition coefficient (Wildman–Crippen LogP) is 1.46. The molecular formula is C11H22N2. The lowest BCUT2D eigenvalue weighted by atomic mass is 9.89. The van der Waals surface area contributed by atoms with Crippen LogP contribution < -0.4 is 5.73 Å². The summed E-state index contributed by atoms with van der Waals surface area (Å²) in [6, 6.07) is 0. The number of piperidine rings is 1. The second-order valence-electron chi connectivity index (χ2n) is 5.29. The summed E-state index contributed by atoms with van der Waals surface area (Å²) in [5.74, 6) is 1.69. The van der Waals surface area contributed by atoms with Gasteiger partial charge < -0.3 is 10.6 Å². The van der Waals surface area contributed by atoms with Crippen molar-refractivity contribution in [2.24, 2.45) is 17.6 Å². The van der Waals surface area contributed by atoms with E-state index in [1.54, 1.807) is 0 Å². The Bertz CT molecular complexity index is 185. The topological polar surface area (TPSA) is 29.3 Å². The Morgan fingerprint density at radius 3 is 2.38 bits per heavy atom. The summed E-state index contributed by atoms with van der Waals surface area (Å²) in [6.07, 6.45) is 5.27. The average Bonchev–Trinajstić information content (AvgIpc) is 2.65. The first-order chi connectivity index (χ1) is 6.10. The van der Waals surface area contributed by atoms with Gasteiger partial charge >= 0.3 is 0 Å². The Hall–Kier alpha value is -0.0800. The molecule has 2 nitrogen and oxygen atoms in total.